The number of nitrogens with zero attached hydrogens (tertiary/aromatic N) is 1. The number of aliphatic hydroxyl groups excluding tert-OH is 1. The largest absolute Gasteiger partial charge is 0.453 e. The second kappa shape index (κ2) is 8.08. The van der Waals surface area contributed by atoms with Crippen LogP contribution in [0.4, 0.5) is 27.9 Å². The van der Waals surface area contributed by atoms with E-state index in [1.165, 1.54) is 7.11 Å². The number of aliphatic hydroxyl groups is 1. The number of H-pyrrole nitrogens is 1. The van der Waals surface area contributed by atoms with Gasteiger partial charge in [-0.05, 0) is 29.9 Å². The molecule has 1 heterocycles. The summed E-state index contributed by atoms with van der Waals surface area (Å²) in [4.78, 5) is 29.7. The van der Waals surface area contributed by atoms with E-state index < -0.39 is 11.7 Å². The molecule has 1 amide bonds. The molecule has 1 aromatic heterocycles. The van der Waals surface area contributed by atoms with Gasteiger partial charge in [0.1, 0.15) is 5.69 Å². The molecule has 0 radical (unpaired) electrons. The summed E-state index contributed by atoms with van der Waals surface area (Å²) in [6, 6.07) is 6.85. The topological polar surface area (TPSA) is 154 Å². The quantitative estimate of drug-likeness (QED) is 0.429. The molecule has 0 unspecified atom stereocenters. The minimum atomic E-state index is -0.789. The molecular formula is C14H16N6O4S. The van der Waals surface area contributed by atoms with Crippen LogP contribution in [0.15, 0.2) is 29.1 Å². The molecule has 0 bridgehead atoms. The summed E-state index contributed by atoms with van der Waals surface area (Å²) >= 11 is 4.94. The first kappa shape index (κ1) is 18.2. The maximum absolute atomic E-state index is 12.1. The molecule has 132 valence electrons. The van der Waals surface area contributed by atoms with Crippen molar-refractivity contribution in [2.24, 2.45) is 0 Å². The van der Waals surface area contributed by atoms with E-state index in [2.05, 4.69) is 30.7 Å². The molecule has 7 N–H and O–H groups in total. The van der Waals surface area contributed by atoms with Gasteiger partial charge in [-0.25, -0.2) is 4.79 Å². The number of alkyl carbamates (subject to hydrolysis) is 1. The van der Waals surface area contributed by atoms with Crippen molar-refractivity contribution in [3.8, 4) is 0 Å². The van der Waals surface area contributed by atoms with Crippen LogP contribution in [0.3, 0.4) is 0 Å². The summed E-state index contributed by atoms with van der Waals surface area (Å²) in [7, 11) is 1.18. The lowest BCUT2D eigenvalue weighted by molar-refractivity contribution is 0.177. The molecule has 0 aliphatic carbocycles. The van der Waals surface area contributed by atoms with Gasteiger partial charge in [-0.1, -0.05) is 12.1 Å². The summed E-state index contributed by atoms with van der Waals surface area (Å²) in [6.45, 7) is -0.140. The van der Waals surface area contributed by atoms with Crippen LogP contribution in [0.2, 0.25) is 0 Å². The number of amides is 1. The number of aromatic amines is 1. The molecule has 0 aliphatic heterocycles. The maximum Gasteiger partial charge on any atom is 0.413 e. The summed E-state index contributed by atoms with van der Waals surface area (Å²) in [6.07, 6.45) is -0.789. The van der Waals surface area contributed by atoms with Gasteiger partial charge in [0.15, 0.2) is 10.9 Å². The summed E-state index contributed by atoms with van der Waals surface area (Å²) in [5.74, 6) is -0.0198. The molecule has 0 fully saturated rings. The number of ether oxygens (including phenoxy) is 1. The first-order chi connectivity index (χ1) is 11.9. The minimum absolute atomic E-state index is 0.0509. The van der Waals surface area contributed by atoms with Gasteiger partial charge >= 0.3 is 6.09 Å². The molecule has 0 saturated heterocycles. The molecule has 0 aliphatic rings. The molecule has 25 heavy (non-hydrogen) atoms. The Morgan fingerprint density at radius 3 is 2.92 bits per heavy atom. The second-order valence-electron chi connectivity index (χ2n) is 4.73. The molecule has 1 aromatic carbocycles. The number of nitrogen functional groups attached to an aromatic ring is 1. The molecule has 10 nitrogen and oxygen atoms in total. The highest BCUT2D eigenvalue weighted by Gasteiger charge is 2.14. The smallest absolute Gasteiger partial charge is 0.413 e. The van der Waals surface area contributed by atoms with Crippen LogP contribution in [0, 0.1) is 0 Å². The highest BCUT2D eigenvalue weighted by molar-refractivity contribution is 7.80. The molecular weight excluding hydrogens is 348 g/mol. The Bertz CT molecular complexity index is 853. The number of carbonyl (C=O) groups is 1. The van der Waals surface area contributed by atoms with Crippen molar-refractivity contribution in [1.82, 2.24) is 15.3 Å². The Hall–Kier alpha value is -3.18. The fourth-order valence-electron chi connectivity index (χ4n) is 1.87. The zero-order valence-corrected chi connectivity index (χ0v) is 13.9. The third kappa shape index (κ3) is 4.89. The van der Waals surface area contributed by atoms with Gasteiger partial charge in [0, 0.05) is 5.69 Å². The lowest BCUT2D eigenvalue weighted by atomic mass is 10.2. The van der Waals surface area contributed by atoms with Gasteiger partial charge in [-0.15, -0.1) is 0 Å². The van der Waals surface area contributed by atoms with Crippen molar-refractivity contribution in [2.75, 3.05) is 23.5 Å². The fourth-order valence-corrected chi connectivity index (χ4v) is 2.06. The Morgan fingerprint density at radius 1 is 1.48 bits per heavy atom. The SMILES string of the molecule is COC(=O)NC(=S)Nc1c(Nc2cccc(CO)c2)nc(N)[nH]c1=O. The third-order valence-corrected chi connectivity index (χ3v) is 3.15. The number of hydrogen-bond acceptors (Lipinski definition) is 8. The number of anilines is 4. The fraction of sp³-hybridized carbons (Fsp3) is 0.143. The number of hydrogen-bond donors (Lipinski definition) is 6. The van der Waals surface area contributed by atoms with E-state index in [1.54, 1.807) is 24.3 Å². The lowest BCUT2D eigenvalue weighted by Gasteiger charge is -2.14. The lowest BCUT2D eigenvalue weighted by Crippen LogP contribution is -2.36. The number of methoxy groups -OCH3 is 1. The van der Waals surface area contributed by atoms with Gasteiger partial charge in [0.25, 0.3) is 5.56 Å². The average molecular weight is 364 g/mol. The van der Waals surface area contributed by atoms with E-state index in [1.807, 2.05) is 0 Å². The van der Waals surface area contributed by atoms with Crippen LogP contribution >= 0.6 is 12.2 Å². The number of benzene rings is 1. The van der Waals surface area contributed by atoms with Crippen molar-refractivity contribution in [3.63, 3.8) is 0 Å². The van der Waals surface area contributed by atoms with Crippen LogP contribution in [0.5, 0.6) is 0 Å². The van der Waals surface area contributed by atoms with Crippen molar-refractivity contribution < 1.29 is 14.6 Å². The van der Waals surface area contributed by atoms with Gasteiger partial charge in [-0.2, -0.15) is 4.98 Å². The van der Waals surface area contributed by atoms with E-state index in [0.717, 1.165) is 0 Å². The highest BCUT2D eigenvalue weighted by Crippen LogP contribution is 2.21. The van der Waals surface area contributed by atoms with Gasteiger partial charge in [0.2, 0.25) is 5.95 Å². The zero-order chi connectivity index (χ0) is 18.4. The molecule has 2 rings (SSSR count). The second-order valence-corrected chi connectivity index (χ2v) is 5.14. The Balaban J connectivity index is 2.31. The van der Waals surface area contributed by atoms with Crippen LogP contribution in [-0.4, -0.2) is 33.4 Å². The zero-order valence-electron chi connectivity index (χ0n) is 13.1. The summed E-state index contributed by atoms with van der Waals surface area (Å²) in [5, 5.41) is 16.7. The first-order valence-electron chi connectivity index (χ1n) is 6.95. The van der Waals surface area contributed by atoms with E-state index in [9.17, 15) is 14.7 Å². The van der Waals surface area contributed by atoms with Crippen molar-refractivity contribution in [3.05, 3.63) is 40.2 Å². The van der Waals surface area contributed by atoms with E-state index in [0.29, 0.717) is 11.3 Å². The summed E-state index contributed by atoms with van der Waals surface area (Å²) in [5.41, 5.74) is 6.16. The van der Waals surface area contributed by atoms with Gasteiger partial charge in [0.05, 0.1) is 13.7 Å². The van der Waals surface area contributed by atoms with E-state index in [-0.39, 0.29) is 29.2 Å². The molecule has 0 saturated carbocycles. The van der Waals surface area contributed by atoms with Crippen LogP contribution in [-0.2, 0) is 11.3 Å². The number of nitrogens with one attached hydrogen (secondary N) is 4. The van der Waals surface area contributed by atoms with Crippen molar-refractivity contribution in [2.45, 2.75) is 6.61 Å². The maximum atomic E-state index is 12.1. The van der Waals surface area contributed by atoms with Crippen LogP contribution in [0.1, 0.15) is 5.56 Å². The Labute approximate surface area is 147 Å². The number of carbonyl (C=O) groups excluding carboxylic acids is 1. The average Bonchev–Trinajstić information content (AvgIpc) is 2.58. The minimum Gasteiger partial charge on any atom is -0.453 e. The van der Waals surface area contributed by atoms with Crippen molar-refractivity contribution >= 4 is 46.6 Å². The number of rotatable bonds is 4. The standard InChI is InChI=1S/C14H16N6O4S/c1-24-14(23)20-13(25)17-9-10(18-12(15)19-11(9)22)16-8-4-2-3-7(5-8)6-21/h2-5,21H,6H2,1H3,(H2,17,20,23,25)(H4,15,16,18,19,22). The molecule has 0 spiro atoms. The highest BCUT2D eigenvalue weighted by atomic mass is 32.1. The van der Waals surface area contributed by atoms with Gasteiger partial charge in [-0.3, -0.25) is 15.1 Å². The Morgan fingerprint density at radius 2 is 2.24 bits per heavy atom. The summed E-state index contributed by atoms with van der Waals surface area (Å²) < 4.78 is 4.42. The normalized spacial score (nSPS) is 10.0. The predicted molar refractivity (Wildman–Crippen MR) is 96.7 cm³/mol. The molecule has 2 aromatic rings. The van der Waals surface area contributed by atoms with E-state index >= 15 is 0 Å². The number of nitrogens with two attached hydrogens (primary N) is 1. The monoisotopic (exact) mass is 364 g/mol. The van der Waals surface area contributed by atoms with Crippen molar-refractivity contribution in [1.29, 1.82) is 0 Å². The molecule has 11 heteroatoms. The number of thiocarbonyl (C=S) groups is 1. The van der Waals surface area contributed by atoms with E-state index in [4.69, 9.17) is 18.0 Å². The predicted octanol–water partition coefficient (Wildman–Crippen LogP) is 0.641. The van der Waals surface area contributed by atoms with Crippen LogP contribution < -0.4 is 27.2 Å². The Kier molecular flexibility index (Phi) is 5.87. The third-order valence-electron chi connectivity index (χ3n) is 2.95. The van der Waals surface area contributed by atoms with Gasteiger partial charge < -0.3 is 26.2 Å². The van der Waals surface area contributed by atoms with Crippen LogP contribution in [0.25, 0.3) is 0 Å². The first-order valence-corrected chi connectivity index (χ1v) is 7.36. The number of aromatic nitrogens is 2. The molecule has 0 atom stereocenters.